The summed E-state index contributed by atoms with van der Waals surface area (Å²) < 4.78 is 5.54. The maximum absolute atomic E-state index is 5.96. The molecule has 0 aliphatic rings. The lowest BCUT2D eigenvalue weighted by Crippen LogP contribution is -1.91. The van der Waals surface area contributed by atoms with E-state index in [9.17, 15) is 0 Å². The summed E-state index contributed by atoms with van der Waals surface area (Å²) in [4.78, 5) is 0. The van der Waals surface area contributed by atoms with Gasteiger partial charge in [-0.05, 0) is 24.1 Å². The van der Waals surface area contributed by atoms with E-state index in [0.29, 0.717) is 28.2 Å². The standard InChI is InChI=1S/C13H14Cl2N2O/c1-8(2)13-17-16-12(18-13)6-4-9-3-5-10(14)11(15)7-9/h3,5,7-8H,4,6H2,1-2H3. The number of hydrogen-bond acceptors (Lipinski definition) is 3. The van der Waals surface area contributed by atoms with E-state index in [-0.39, 0.29) is 5.92 Å². The molecule has 0 spiro atoms. The topological polar surface area (TPSA) is 38.9 Å². The Hall–Kier alpha value is -1.06. The van der Waals surface area contributed by atoms with Crippen LogP contribution in [0.2, 0.25) is 10.0 Å². The van der Waals surface area contributed by atoms with Crippen LogP contribution in [0.25, 0.3) is 0 Å². The van der Waals surface area contributed by atoms with Crippen LogP contribution in [-0.2, 0) is 12.8 Å². The average molecular weight is 285 g/mol. The van der Waals surface area contributed by atoms with Crippen molar-refractivity contribution in [2.24, 2.45) is 0 Å². The SMILES string of the molecule is CC(C)c1nnc(CCc2ccc(Cl)c(Cl)c2)o1. The predicted octanol–water partition coefficient (Wildman–Crippen LogP) is 4.29. The van der Waals surface area contributed by atoms with Gasteiger partial charge in [0.2, 0.25) is 11.8 Å². The summed E-state index contributed by atoms with van der Waals surface area (Å²) in [6, 6.07) is 5.62. The Balaban J connectivity index is 2.00. The van der Waals surface area contributed by atoms with E-state index in [0.717, 1.165) is 12.0 Å². The van der Waals surface area contributed by atoms with Gasteiger partial charge in [0, 0.05) is 12.3 Å². The lowest BCUT2D eigenvalue weighted by atomic mass is 10.1. The first kappa shape index (κ1) is 13.4. The molecule has 0 fully saturated rings. The molecular weight excluding hydrogens is 271 g/mol. The quantitative estimate of drug-likeness (QED) is 0.841. The highest BCUT2D eigenvalue weighted by Crippen LogP contribution is 2.23. The maximum Gasteiger partial charge on any atom is 0.219 e. The molecule has 96 valence electrons. The Morgan fingerprint density at radius 1 is 1.11 bits per heavy atom. The lowest BCUT2D eigenvalue weighted by molar-refractivity contribution is 0.431. The van der Waals surface area contributed by atoms with Gasteiger partial charge in [-0.1, -0.05) is 43.1 Å². The summed E-state index contributed by atoms with van der Waals surface area (Å²) in [6.45, 7) is 4.05. The average Bonchev–Trinajstić information content (AvgIpc) is 2.79. The molecular formula is C13H14Cl2N2O. The zero-order valence-corrected chi connectivity index (χ0v) is 11.8. The van der Waals surface area contributed by atoms with Crippen molar-refractivity contribution in [2.75, 3.05) is 0 Å². The molecule has 0 atom stereocenters. The Bertz CT molecular complexity index is 538. The number of aryl methyl sites for hydroxylation is 2. The van der Waals surface area contributed by atoms with Gasteiger partial charge < -0.3 is 4.42 Å². The fourth-order valence-corrected chi connectivity index (χ4v) is 1.87. The van der Waals surface area contributed by atoms with Crippen molar-refractivity contribution in [1.82, 2.24) is 10.2 Å². The van der Waals surface area contributed by atoms with Crippen molar-refractivity contribution in [3.8, 4) is 0 Å². The third-order valence-corrected chi connectivity index (χ3v) is 3.33. The number of nitrogens with zero attached hydrogens (tertiary/aromatic N) is 2. The highest BCUT2D eigenvalue weighted by atomic mass is 35.5. The van der Waals surface area contributed by atoms with Crippen LogP contribution in [0.4, 0.5) is 0 Å². The van der Waals surface area contributed by atoms with E-state index < -0.39 is 0 Å². The Morgan fingerprint density at radius 3 is 2.50 bits per heavy atom. The summed E-state index contributed by atoms with van der Waals surface area (Å²) in [6.07, 6.45) is 1.51. The molecule has 1 aromatic carbocycles. The van der Waals surface area contributed by atoms with E-state index >= 15 is 0 Å². The molecule has 2 aromatic rings. The number of halogens is 2. The van der Waals surface area contributed by atoms with Gasteiger partial charge in [-0.2, -0.15) is 0 Å². The molecule has 0 bridgehead atoms. The lowest BCUT2D eigenvalue weighted by Gasteiger charge is -2.01. The monoisotopic (exact) mass is 284 g/mol. The molecule has 5 heteroatoms. The number of rotatable bonds is 4. The summed E-state index contributed by atoms with van der Waals surface area (Å²) in [7, 11) is 0. The smallest absolute Gasteiger partial charge is 0.219 e. The van der Waals surface area contributed by atoms with Gasteiger partial charge >= 0.3 is 0 Å². The molecule has 3 nitrogen and oxygen atoms in total. The molecule has 0 N–H and O–H groups in total. The van der Waals surface area contributed by atoms with E-state index in [1.54, 1.807) is 6.07 Å². The number of hydrogen-bond donors (Lipinski definition) is 0. The Kier molecular flexibility index (Phi) is 4.25. The highest BCUT2D eigenvalue weighted by molar-refractivity contribution is 6.42. The van der Waals surface area contributed by atoms with Crippen molar-refractivity contribution in [2.45, 2.75) is 32.6 Å². The fourth-order valence-electron chi connectivity index (χ4n) is 1.55. The van der Waals surface area contributed by atoms with Gasteiger partial charge in [-0.3, -0.25) is 0 Å². The molecule has 0 saturated heterocycles. The van der Waals surface area contributed by atoms with Crippen LogP contribution in [0.5, 0.6) is 0 Å². The normalized spacial score (nSPS) is 11.2. The fraction of sp³-hybridized carbons (Fsp3) is 0.385. The summed E-state index contributed by atoms with van der Waals surface area (Å²) in [5.74, 6) is 1.60. The largest absolute Gasteiger partial charge is 0.425 e. The molecule has 1 aromatic heterocycles. The van der Waals surface area contributed by atoms with Crippen molar-refractivity contribution in [3.05, 3.63) is 45.6 Å². The third kappa shape index (κ3) is 3.24. The molecule has 0 saturated carbocycles. The predicted molar refractivity (Wildman–Crippen MR) is 72.3 cm³/mol. The summed E-state index contributed by atoms with van der Waals surface area (Å²) in [5, 5.41) is 9.15. The van der Waals surface area contributed by atoms with Crippen LogP contribution in [0.1, 0.15) is 37.1 Å². The molecule has 0 radical (unpaired) electrons. The minimum atomic E-state index is 0.260. The molecule has 0 aliphatic carbocycles. The molecule has 0 unspecified atom stereocenters. The highest BCUT2D eigenvalue weighted by Gasteiger charge is 2.09. The van der Waals surface area contributed by atoms with Gasteiger partial charge in [0.1, 0.15) is 0 Å². The molecule has 0 aliphatic heterocycles. The van der Waals surface area contributed by atoms with Gasteiger partial charge in [0.25, 0.3) is 0 Å². The molecule has 18 heavy (non-hydrogen) atoms. The van der Waals surface area contributed by atoms with Crippen LogP contribution in [-0.4, -0.2) is 10.2 Å². The maximum atomic E-state index is 5.96. The Morgan fingerprint density at radius 2 is 1.89 bits per heavy atom. The van der Waals surface area contributed by atoms with Crippen LogP contribution in [0.15, 0.2) is 22.6 Å². The van der Waals surface area contributed by atoms with Gasteiger partial charge in [-0.25, -0.2) is 0 Å². The zero-order valence-electron chi connectivity index (χ0n) is 10.3. The van der Waals surface area contributed by atoms with Crippen LogP contribution >= 0.6 is 23.2 Å². The van der Waals surface area contributed by atoms with E-state index in [4.69, 9.17) is 27.6 Å². The van der Waals surface area contributed by atoms with Gasteiger partial charge in [0.05, 0.1) is 10.0 Å². The van der Waals surface area contributed by atoms with Crippen LogP contribution in [0.3, 0.4) is 0 Å². The van der Waals surface area contributed by atoms with Crippen molar-refractivity contribution in [3.63, 3.8) is 0 Å². The summed E-state index contributed by atoms with van der Waals surface area (Å²) >= 11 is 11.8. The van der Waals surface area contributed by atoms with Crippen molar-refractivity contribution >= 4 is 23.2 Å². The van der Waals surface area contributed by atoms with Crippen LogP contribution < -0.4 is 0 Å². The minimum Gasteiger partial charge on any atom is -0.425 e. The third-order valence-electron chi connectivity index (χ3n) is 2.59. The van der Waals surface area contributed by atoms with E-state index in [1.165, 1.54) is 0 Å². The summed E-state index contributed by atoms with van der Waals surface area (Å²) in [5.41, 5.74) is 1.11. The second kappa shape index (κ2) is 5.72. The zero-order chi connectivity index (χ0) is 13.1. The second-order valence-corrected chi connectivity index (χ2v) is 5.25. The van der Waals surface area contributed by atoms with Crippen molar-refractivity contribution < 1.29 is 4.42 Å². The van der Waals surface area contributed by atoms with Gasteiger partial charge in [0.15, 0.2) is 0 Å². The second-order valence-electron chi connectivity index (χ2n) is 4.44. The number of aromatic nitrogens is 2. The van der Waals surface area contributed by atoms with Crippen molar-refractivity contribution in [1.29, 1.82) is 0 Å². The van der Waals surface area contributed by atoms with E-state index in [2.05, 4.69) is 10.2 Å². The first-order chi connectivity index (χ1) is 8.56. The first-order valence-corrected chi connectivity index (χ1v) is 6.58. The first-order valence-electron chi connectivity index (χ1n) is 5.82. The Labute approximate surface area is 116 Å². The minimum absolute atomic E-state index is 0.260. The number of benzene rings is 1. The van der Waals surface area contributed by atoms with Gasteiger partial charge in [-0.15, -0.1) is 10.2 Å². The molecule has 1 heterocycles. The molecule has 2 rings (SSSR count). The van der Waals surface area contributed by atoms with E-state index in [1.807, 2.05) is 26.0 Å². The molecule has 0 amide bonds. The van der Waals surface area contributed by atoms with Crippen LogP contribution in [0, 0.1) is 0 Å².